The molecule has 62 heavy (non-hydrogen) atoms. The number of carbonyl (C=O) groups is 2. The maximum absolute atomic E-state index is 13.4. The molecule has 9 nitrogen and oxygen atoms in total. The smallest absolute Gasteiger partial charge is 0.306 e. The molecule has 0 saturated carbocycles. The summed E-state index contributed by atoms with van der Waals surface area (Å²) in [4.78, 5) is 39.6. The number of nitrogens with one attached hydrogen (secondary N) is 1. The van der Waals surface area contributed by atoms with E-state index in [1.165, 1.54) is 128 Å². The van der Waals surface area contributed by atoms with Crippen molar-refractivity contribution >= 4 is 19.7 Å². The Morgan fingerprint density at radius 3 is 1.42 bits per heavy atom. The molecular weight excluding hydrogens is 796 g/mol. The van der Waals surface area contributed by atoms with Crippen molar-refractivity contribution in [3.63, 3.8) is 0 Å². The fourth-order valence-electron chi connectivity index (χ4n) is 7.50. The highest BCUT2D eigenvalue weighted by Crippen LogP contribution is 2.38. The number of esters is 1. The molecular formula is C52H101N2O7P. The molecule has 0 spiro atoms. The Morgan fingerprint density at radius 2 is 0.952 bits per heavy atom. The number of rotatable bonds is 47. The molecule has 0 rings (SSSR count). The van der Waals surface area contributed by atoms with E-state index in [0.717, 1.165) is 83.5 Å². The SMILES string of the molecule is CCCC/C=C\CCCCCCCC(=O)OC(/C=C/CCCCCCCCCCCC)C(COP(=O)([O-])OCC[N+](C)(C)C)NC(=O)CCCCCCCCCCCCCCC. The average Bonchev–Trinajstić information content (AvgIpc) is 3.22. The van der Waals surface area contributed by atoms with Gasteiger partial charge in [-0.1, -0.05) is 206 Å². The number of amides is 1. The predicted octanol–water partition coefficient (Wildman–Crippen LogP) is 14.4. The summed E-state index contributed by atoms with van der Waals surface area (Å²) in [5.74, 6) is -0.546. The lowest BCUT2D eigenvalue weighted by molar-refractivity contribution is -0.870. The van der Waals surface area contributed by atoms with Crippen LogP contribution in [0, 0.1) is 0 Å². The van der Waals surface area contributed by atoms with Gasteiger partial charge in [0.1, 0.15) is 19.3 Å². The lowest BCUT2D eigenvalue weighted by Crippen LogP contribution is -2.47. The minimum Gasteiger partial charge on any atom is -0.756 e. The number of phosphoric ester groups is 1. The third-order valence-electron chi connectivity index (χ3n) is 11.6. The first-order valence-electron chi connectivity index (χ1n) is 26.1. The van der Waals surface area contributed by atoms with Gasteiger partial charge in [0.2, 0.25) is 5.91 Å². The van der Waals surface area contributed by atoms with E-state index in [4.69, 9.17) is 13.8 Å². The zero-order valence-electron chi connectivity index (χ0n) is 41.6. The second-order valence-electron chi connectivity index (χ2n) is 19.0. The van der Waals surface area contributed by atoms with Crippen LogP contribution in [0.4, 0.5) is 0 Å². The molecule has 0 aromatic rings. The molecule has 0 aromatic carbocycles. The number of phosphoric acid groups is 1. The van der Waals surface area contributed by atoms with Crippen LogP contribution in [0.2, 0.25) is 0 Å². The Hall–Kier alpha value is -1.51. The second kappa shape index (κ2) is 43.4. The van der Waals surface area contributed by atoms with E-state index in [-0.39, 0.29) is 31.5 Å². The van der Waals surface area contributed by atoms with Gasteiger partial charge in [0.25, 0.3) is 7.82 Å². The number of nitrogens with zero attached hydrogens (tertiary/aromatic N) is 1. The number of hydrogen-bond donors (Lipinski definition) is 1. The minimum atomic E-state index is -4.68. The summed E-state index contributed by atoms with van der Waals surface area (Å²) in [6, 6.07) is -0.882. The molecule has 0 bridgehead atoms. The summed E-state index contributed by atoms with van der Waals surface area (Å²) in [7, 11) is 1.19. The Labute approximate surface area is 383 Å². The van der Waals surface area contributed by atoms with Crippen LogP contribution in [-0.4, -0.2) is 69.4 Å². The van der Waals surface area contributed by atoms with Gasteiger partial charge in [0.15, 0.2) is 0 Å². The van der Waals surface area contributed by atoms with Crippen LogP contribution >= 0.6 is 7.82 Å². The van der Waals surface area contributed by atoms with Crippen molar-refractivity contribution in [3.05, 3.63) is 24.3 Å². The van der Waals surface area contributed by atoms with Crippen LogP contribution < -0.4 is 10.2 Å². The van der Waals surface area contributed by atoms with Gasteiger partial charge in [-0.15, -0.1) is 0 Å². The normalized spacial score (nSPS) is 14.1. The molecule has 10 heteroatoms. The highest BCUT2D eigenvalue weighted by molar-refractivity contribution is 7.45. The molecule has 0 aromatic heterocycles. The van der Waals surface area contributed by atoms with E-state index < -0.39 is 20.0 Å². The highest BCUT2D eigenvalue weighted by Gasteiger charge is 2.27. The van der Waals surface area contributed by atoms with E-state index in [9.17, 15) is 19.0 Å². The zero-order chi connectivity index (χ0) is 45.8. The molecule has 0 saturated heterocycles. The van der Waals surface area contributed by atoms with Crippen LogP contribution in [0.25, 0.3) is 0 Å². The van der Waals surface area contributed by atoms with Crippen molar-refractivity contribution < 1.29 is 37.3 Å². The van der Waals surface area contributed by atoms with Crippen LogP contribution in [0.1, 0.15) is 245 Å². The Kier molecular flexibility index (Phi) is 42.3. The van der Waals surface area contributed by atoms with Crippen LogP contribution in [0.3, 0.4) is 0 Å². The van der Waals surface area contributed by atoms with Crippen LogP contribution in [0.5, 0.6) is 0 Å². The fourth-order valence-corrected chi connectivity index (χ4v) is 8.22. The number of carbonyl (C=O) groups excluding carboxylic acids is 2. The number of quaternary nitrogens is 1. The van der Waals surface area contributed by atoms with Gasteiger partial charge in [0, 0.05) is 12.8 Å². The first-order chi connectivity index (χ1) is 29.9. The first-order valence-corrected chi connectivity index (χ1v) is 27.6. The summed E-state index contributed by atoms with van der Waals surface area (Å²) in [6.07, 6.45) is 47.1. The van der Waals surface area contributed by atoms with Crippen molar-refractivity contribution in [2.45, 2.75) is 258 Å². The second-order valence-corrected chi connectivity index (χ2v) is 20.4. The molecule has 1 amide bonds. The summed E-state index contributed by atoms with van der Waals surface area (Å²) >= 11 is 0. The molecule has 0 aliphatic heterocycles. The van der Waals surface area contributed by atoms with E-state index in [1.807, 2.05) is 33.3 Å². The fraction of sp³-hybridized carbons (Fsp3) is 0.885. The Bertz CT molecular complexity index is 1120. The highest BCUT2D eigenvalue weighted by atomic mass is 31.2. The van der Waals surface area contributed by atoms with E-state index in [1.54, 1.807) is 0 Å². The third-order valence-corrected chi connectivity index (χ3v) is 12.6. The Balaban J connectivity index is 5.43. The summed E-state index contributed by atoms with van der Waals surface area (Å²) in [6.45, 7) is 6.79. The maximum atomic E-state index is 13.4. The van der Waals surface area contributed by atoms with Crippen LogP contribution in [-0.2, 0) is 27.9 Å². The van der Waals surface area contributed by atoms with E-state index in [2.05, 4.69) is 38.2 Å². The van der Waals surface area contributed by atoms with Gasteiger partial charge >= 0.3 is 5.97 Å². The molecule has 3 unspecified atom stereocenters. The first kappa shape index (κ1) is 60.5. The molecule has 366 valence electrons. The van der Waals surface area contributed by atoms with Crippen molar-refractivity contribution in [1.82, 2.24) is 5.32 Å². The molecule has 0 heterocycles. The maximum Gasteiger partial charge on any atom is 0.306 e. The topological polar surface area (TPSA) is 114 Å². The lowest BCUT2D eigenvalue weighted by Gasteiger charge is -2.30. The zero-order valence-corrected chi connectivity index (χ0v) is 42.5. The van der Waals surface area contributed by atoms with Gasteiger partial charge in [-0.3, -0.25) is 14.2 Å². The molecule has 0 fully saturated rings. The van der Waals surface area contributed by atoms with Crippen LogP contribution in [0.15, 0.2) is 24.3 Å². The monoisotopic (exact) mass is 897 g/mol. The number of allylic oxidation sites excluding steroid dienone is 3. The summed E-state index contributed by atoms with van der Waals surface area (Å²) in [5, 5.41) is 3.01. The van der Waals surface area contributed by atoms with Gasteiger partial charge in [0.05, 0.1) is 33.8 Å². The van der Waals surface area contributed by atoms with Gasteiger partial charge in [-0.25, -0.2) is 0 Å². The van der Waals surface area contributed by atoms with Crippen molar-refractivity contribution in [2.24, 2.45) is 0 Å². The van der Waals surface area contributed by atoms with Crippen molar-refractivity contribution in [3.8, 4) is 0 Å². The largest absolute Gasteiger partial charge is 0.756 e. The average molecular weight is 897 g/mol. The van der Waals surface area contributed by atoms with E-state index >= 15 is 0 Å². The van der Waals surface area contributed by atoms with Gasteiger partial charge < -0.3 is 28.5 Å². The number of hydrogen-bond acceptors (Lipinski definition) is 7. The molecule has 1 N–H and O–H groups in total. The number of likely N-dealkylation sites (N-methyl/N-ethyl adjacent to an activating group) is 1. The molecule has 0 aliphatic rings. The van der Waals surface area contributed by atoms with Crippen molar-refractivity contribution in [2.75, 3.05) is 40.9 Å². The lowest BCUT2D eigenvalue weighted by atomic mass is 10.0. The predicted molar refractivity (Wildman–Crippen MR) is 261 cm³/mol. The number of unbranched alkanes of at least 4 members (excludes halogenated alkanes) is 29. The van der Waals surface area contributed by atoms with Gasteiger partial charge in [-0.2, -0.15) is 0 Å². The summed E-state index contributed by atoms with van der Waals surface area (Å²) in [5.41, 5.74) is 0. The molecule has 0 radical (unpaired) electrons. The van der Waals surface area contributed by atoms with E-state index in [0.29, 0.717) is 17.4 Å². The standard InChI is InChI=1S/C52H101N2O7P/c1-7-10-13-16-19-22-25-27-30-32-35-38-41-44-51(55)53-49(48-60-62(57,58)59-47-46-54(4,5)6)50(43-40-37-34-31-29-26-23-20-17-14-11-8-2)61-52(56)45-42-39-36-33-28-24-21-18-15-12-9-3/h18,21,40,43,49-50H,7-17,19-20,22-39,41-42,44-48H2,1-6H3,(H-,53,55,57,58)/b21-18-,43-40+. The minimum absolute atomic E-state index is 0.0207. The van der Waals surface area contributed by atoms with Gasteiger partial charge in [-0.05, 0) is 51.0 Å². The Morgan fingerprint density at radius 1 is 0.548 bits per heavy atom. The van der Waals surface area contributed by atoms with Crippen molar-refractivity contribution in [1.29, 1.82) is 0 Å². The molecule has 3 atom stereocenters. The summed E-state index contributed by atoms with van der Waals surface area (Å²) < 4.78 is 30.1. The third kappa shape index (κ3) is 43.7. The quantitative estimate of drug-likeness (QED) is 0.0213. The number of ether oxygens (including phenoxy) is 1. The molecule has 0 aliphatic carbocycles.